The highest BCUT2D eigenvalue weighted by Crippen LogP contribution is 2.16. The van der Waals surface area contributed by atoms with Crippen LogP contribution in [0, 0.1) is 0 Å². The summed E-state index contributed by atoms with van der Waals surface area (Å²) >= 11 is 0. The second kappa shape index (κ2) is 7.43. The second-order valence-electron chi connectivity index (χ2n) is 4.78. The summed E-state index contributed by atoms with van der Waals surface area (Å²) in [7, 11) is 0. The first-order chi connectivity index (χ1) is 9.74. The smallest absolute Gasteiger partial charge is 0.119 e. The molecule has 3 nitrogen and oxygen atoms in total. The first-order valence-electron chi connectivity index (χ1n) is 6.92. The van der Waals surface area contributed by atoms with E-state index in [1.165, 1.54) is 0 Å². The predicted octanol–water partition coefficient (Wildman–Crippen LogP) is 3.96. The van der Waals surface area contributed by atoms with E-state index in [1.807, 2.05) is 68.4 Å². The van der Waals surface area contributed by atoms with Crippen LogP contribution >= 0.6 is 0 Å². The van der Waals surface area contributed by atoms with E-state index in [0.717, 1.165) is 23.7 Å². The molecule has 2 rings (SSSR count). The van der Waals surface area contributed by atoms with Crippen LogP contribution in [-0.4, -0.2) is 19.3 Å². The van der Waals surface area contributed by atoms with Gasteiger partial charge in [0.2, 0.25) is 0 Å². The molecule has 2 aromatic carbocycles. The van der Waals surface area contributed by atoms with Gasteiger partial charge in [-0.3, -0.25) is 0 Å². The lowest BCUT2D eigenvalue weighted by Crippen LogP contribution is -2.11. The van der Waals surface area contributed by atoms with Crippen LogP contribution in [0.15, 0.2) is 54.6 Å². The van der Waals surface area contributed by atoms with Gasteiger partial charge in [0.05, 0.1) is 6.10 Å². The fourth-order valence-electron chi connectivity index (χ4n) is 1.80. The summed E-state index contributed by atoms with van der Waals surface area (Å²) in [5, 5.41) is 3.31. The zero-order valence-corrected chi connectivity index (χ0v) is 12.0. The molecule has 3 heteroatoms. The van der Waals surface area contributed by atoms with Crippen LogP contribution in [0.25, 0.3) is 0 Å². The summed E-state index contributed by atoms with van der Waals surface area (Å²) < 4.78 is 11.2. The first kappa shape index (κ1) is 14.3. The third-order valence-corrected chi connectivity index (χ3v) is 2.67. The maximum absolute atomic E-state index is 5.62. The summed E-state index contributed by atoms with van der Waals surface area (Å²) in [5.41, 5.74) is 1.07. The maximum atomic E-state index is 5.62. The molecule has 0 aliphatic rings. The molecular formula is C17H21NO2. The van der Waals surface area contributed by atoms with Crippen LogP contribution in [0.3, 0.4) is 0 Å². The summed E-state index contributed by atoms with van der Waals surface area (Å²) in [6.07, 6.45) is 0.202. The highest BCUT2D eigenvalue weighted by Gasteiger charge is 1.98. The summed E-state index contributed by atoms with van der Waals surface area (Å²) in [5.74, 6) is 1.79. The molecule has 0 radical (unpaired) electrons. The van der Waals surface area contributed by atoms with Gasteiger partial charge in [-0.1, -0.05) is 18.2 Å². The van der Waals surface area contributed by atoms with E-state index in [-0.39, 0.29) is 6.10 Å². The number of hydrogen-bond acceptors (Lipinski definition) is 3. The Morgan fingerprint density at radius 2 is 1.60 bits per heavy atom. The van der Waals surface area contributed by atoms with Crippen LogP contribution in [-0.2, 0) is 0 Å². The predicted molar refractivity (Wildman–Crippen MR) is 82.6 cm³/mol. The molecule has 0 aliphatic heterocycles. The molecule has 0 heterocycles. The number of ether oxygens (including phenoxy) is 2. The van der Waals surface area contributed by atoms with Crippen molar-refractivity contribution in [2.24, 2.45) is 0 Å². The van der Waals surface area contributed by atoms with Crippen LogP contribution in [0.5, 0.6) is 11.5 Å². The van der Waals surface area contributed by atoms with Crippen molar-refractivity contribution in [1.29, 1.82) is 0 Å². The van der Waals surface area contributed by atoms with Crippen LogP contribution in [0.1, 0.15) is 13.8 Å². The van der Waals surface area contributed by atoms with Crippen molar-refractivity contribution in [1.82, 2.24) is 0 Å². The van der Waals surface area contributed by atoms with Crippen molar-refractivity contribution in [2.45, 2.75) is 20.0 Å². The molecule has 0 saturated carbocycles. The van der Waals surface area contributed by atoms with E-state index >= 15 is 0 Å². The maximum Gasteiger partial charge on any atom is 0.119 e. The Hall–Kier alpha value is -2.16. The van der Waals surface area contributed by atoms with Gasteiger partial charge in [0, 0.05) is 12.2 Å². The van der Waals surface area contributed by atoms with Crippen molar-refractivity contribution >= 4 is 5.69 Å². The highest BCUT2D eigenvalue weighted by atomic mass is 16.5. The number of rotatable bonds is 7. The molecule has 0 unspecified atom stereocenters. The number of anilines is 1. The van der Waals surface area contributed by atoms with Gasteiger partial charge < -0.3 is 14.8 Å². The van der Waals surface area contributed by atoms with Gasteiger partial charge in [0.15, 0.2) is 0 Å². The lowest BCUT2D eigenvalue weighted by molar-refractivity contribution is 0.242. The van der Waals surface area contributed by atoms with E-state index in [0.29, 0.717) is 6.61 Å². The molecule has 0 saturated heterocycles. The molecular weight excluding hydrogens is 250 g/mol. The van der Waals surface area contributed by atoms with E-state index in [2.05, 4.69) is 5.32 Å². The highest BCUT2D eigenvalue weighted by molar-refractivity contribution is 5.46. The number of hydrogen-bond donors (Lipinski definition) is 1. The Morgan fingerprint density at radius 1 is 0.900 bits per heavy atom. The average Bonchev–Trinajstić information content (AvgIpc) is 2.46. The Bertz CT molecular complexity index is 494. The van der Waals surface area contributed by atoms with E-state index < -0.39 is 0 Å². The molecule has 0 aromatic heterocycles. The van der Waals surface area contributed by atoms with E-state index in [1.54, 1.807) is 0 Å². The quantitative estimate of drug-likeness (QED) is 0.773. The molecule has 106 valence electrons. The van der Waals surface area contributed by atoms with Crippen molar-refractivity contribution in [3.05, 3.63) is 54.6 Å². The zero-order valence-electron chi connectivity index (χ0n) is 12.0. The molecule has 0 atom stereocenters. The van der Waals surface area contributed by atoms with Gasteiger partial charge in [0.25, 0.3) is 0 Å². The van der Waals surface area contributed by atoms with Gasteiger partial charge in [-0.05, 0) is 50.2 Å². The van der Waals surface area contributed by atoms with Crippen molar-refractivity contribution in [3.8, 4) is 11.5 Å². The summed E-state index contributed by atoms with van der Waals surface area (Å²) in [4.78, 5) is 0. The van der Waals surface area contributed by atoms with Crippen LogP contribution < -0.4 is 14.8 Å². The van der Waals surface area contributed by atoms with Gasteiger partial charge >= 0.3 is 0 Å². The SMILES string of the molecule is CC(C)Oc1ccc(NCCOc2ccccc2)cc1. The molecule has 0 fully saturated rings. The fraction of sp³-hybridized carbons (Fsp3) is 0.294. The third-order valence-electron chi connectivity index (χ3n) is 2.67. The second-order valence-corrected chi connectivity index (χ2v) is 4.78. The van der Waals surface area contributed by atoms with Gasteiger partial charge in [0.1, 0.15) is 18.1 Å². The number of benzene rings is 2. The Labute approximate surface area is 120 Å². The van der Waals surface area contributed by atoms with E-state index in [9.17, 15) is 0 Å². The average molecular weight is 271 g/mol. The Morgan fingerprint density at radius 3 is 2.25 bits per heavy atom. The molecule has 2 aromatic rings. The minimum atomic E-state index is 0.202. The van der Waals surface area contributed by atoms with E-state index in [4.69, 9.17) is 9.47 Å². The third kappa shape index (κ3) is 4.84. The van der Waals surface area contributed by atoms with Crippen LogP contribution in [0.2, 0.25) is 0 Å². The fourth-order valence-corrected chi connectivity index (χ4v) is 1.80. The largest absolute Gasteiger partial charge is 0.492 e. The number of para-hydroxylation sites is 1. The first-order valence-corrected chi connectivity index (χ1v) is 6.92. The van der Waals surface area contributed by atoms with Crippen molar-refractivity contribution in [2.75, 3.05) is 18.5 Å². The Balaban J connectivity index is 1.71. The van der Waals surface area contributed by atoms with Crippen molar-refractivity contribution < 1.29 is 9.47 Å². The Kier molecular flexibility index (Phi) is 5.30. The van der Waals surface area contributed by atoms with Gasteiger partial charge in [-0.2, -0.15) is 0 Å². The molecule has 0 spiro atoms. The summed E-state index contributed by atoms with van der Waals surface area (Å²) in [6.45, 7) is 5.44. The standard InChI is InChI=1S/C17H21NO2/c1-14(2)20-17-10-8-15(9-11-17)18-12-13-19-16-6-4-3-5-7-16/h3-11,14,18H,12-13H2,1-2H3. The molecule has 20 heavy (non-hydrogen) atoms. The van der Waals surface area contributed by atoms with Crippen LogP contribution in [0.4, 0.5) is 5.69 Å². The number of nitrogens with one attached hydrogen (secondary N) is 1. The monoisotopic (exact) mass is 271 g/mol. The minimum absolute atomic E-state index is 0.202. The molecule has 0 aliphatic carbocycles. The summed E-state index contributed by atoms with van der Waals surface area (Å²) in [6, 6.07) is 17.8. The zero-order chi connectivity index (χ0) is 14.2. The van der Waals surface area contributed by atoms with Crippen molar-refractivity contribution in [3.63, 3.8) is 0 Å². The lowest BCUT2D eigenvalue weighted by Gasteiger charge is -2.11. The molecule has 0 bridgehead atoms. The normalized spacial score (nSPS) is 10.3. The molecule has 0 amide bonds. The minimum Gasteiger partial charge on any atom is -0.492 e. The lowest BCUT2D eigenvalue weighted by atomic mass is 10.3. The topological polar surface area (TPSA) is 30.5 Å². The van der Waals surface area contributed by atoms with Gasteiger partial charge in [-0.15, -0.1) is 0 Å². The van der Waals surface area contributed by atoms with Gasteiger partial charge in [-0.25, -0.2) is 0 Å². The molecule has 1 N–H and O–H groups in total.